The first-order valence-corrected chi connectivity index (χ1v) is 7.30. The molecule has 4 nitrogen and oxygen atoms in total. The molecule has 5 heteroatoms. The summed E-state index contributed by atoms with van der Waals surface area (Å²) < 4.78 is 5.29. The molecule has 2 heterocycles. The van der Waals surface area contributed by atoms with Gasteiger partial charge in [0.1, 0.15) is 5.75 Å². The van der Waals surface area contributed by atoms with Gasteiger partial charge >= 0.3 is 0 Å². The number of anilines is 1. The Balaban J connectivity index is 1.97. The van der Waals surface area contributed by atoms with Crippen LogP contribution in [0.4, 0.5) is 5.69 Å². The van der Waals surface area contributed by atoms with Crippen molar-refractivity contribution in [3.8, 4) is 5.75 Å². The third kappa shape index (κ3) is 2.25. The molecule has 2 N–H and O–H groups in total. The van der Waals surface area contributed by atoms with Gasteiger partial charge in [-0.05, 0) is 31.2 Å². The molecule has 0 saturated carbocycles. The SMILES string of the molecule is COc1cccc(N2C(N)=NCC2c2ccc(C)s2)c1. The largest absolute Gasteiger partial charge is 0.497 e. The first-order valence-electron chi connectivity index (χ1n) is 6.48. The molecule has 1 aromatic carbocycles. The fourth-order valence-corrected chi connectivity index (χ4v) is 3.38. The van der Waals surface area contributed by atoms with Gasteiger partial charge in [-0.1, -0.05) is 6.07 Å². The highest BCUT2D eigenvalue weighted by molar-refractivity contribution is 7.12. The smallest absolute Gasteiger partial charge is 0.196 e. The van der Waals surface area contributed by atoms with Gasteiger partial charge < -0.3 is 15.4 Å². The summed E-state index contributed by atoms with van der Waals surface area (Å²) >= 11 is 1.79. The van der Waals surface area contributed by atoms with Gasteiger partial charge in [0.2, 0.25) is 0 Å². The lowest BCUT2D eigenvalue weighted by Gasteiger charge is -2.25. The number of aliphatic imine (C=N–C) groups is 1. The van der Waals surface area contributed by atoms with E-state index in [0.29, 0.717) is 12.5 Å². The van der Waals surface area contributed by atoms with Crippen LogP contribution in [0.15, 0.2) is 41.4 Å². The zero-order valence-electron chi connectivity index (χ0n) is 11.5. The summed E-state index contributed by atoms with van der Waals surface area (Å²) in [7, 11) is 1.67. The van der Waals surface area contributed by atoms with E-state index in [1.54, 1.807) is 18.4 Å². The molecule has 1 aliphatic rings. The second-order valence-corrected chi connectivity index (χ2v) is 6.05. The Morgan fingerprint density at radius 1 is 1.35 bits per heavy atom. The van der Waals surface area contributed by atoms with Crippen LogP contribution in [-0.4, -0.2) is 19.6 Å². The summed E-state index contributed by atoms with van der Waals surface area (Å²) in [5.74, 6) is 1.39. The number of hydrogen-bond donors (Lipinski definition) is 1. The number of hydrogen-bond acceptors (Lipinski definition) is 5. The van der Waals surface area contributed by atoms with E-state index < -0.39 is 0 Å². The fraction of sp³-hybridized carbons (Fsp3) is 0.267. The Hall–Kier alpha value is -2.01. The maximum atomic E-state index is 6.08. The van der Waals surface area contributed by atoms with Crippen LogP contribution in [0.2, 0.25) is 0 Å². The molecule has 1 aliphatic heterocycles. The summed E-state index contributed by atoms with van der Waals surface area (Å²) in [5, 5.41) is 0. The van der Waals surface area contributed by atoms with E-state index in [9.17, 15) is 0 Å². The first-order chi connectivity index (χ1) is 9.69. The summed E-state index contributed by atoms with van der Waals surface area (Å²) in [6.07, 6.45) is 0. The number of guanidine groups is 1. The average molecular weight is 287 g/mol. The molecule has 0 amide bonds. The van der Waals surface area contributed by atoms with Gasteiger partial charge in [0.25, 0.3) is 0 Å². The predicted octanol–water partition coefficient (Wildman–Crippen LogP) is 2.94. The zero-order valence-corrected chi connectivity index (χ0v) is 12.4. The van der Waals surface area contributed by atoms with Crippen LogP contribution in [0.3, 0.4) is 0 Å². The van der Waals surface area contributed by atoms with E-state index in [4.69, 9.17) is 10.5 Å². The van der Waals surface area contributed by atoms with Crippen LogP contribution in [-0.2, 0) is 0 Å². The average Bonchev–Trinajstić information content (AvgIpc) is 3.05. The summed E-state index contributed by atoms with van der Waals surface area (Å²) in [4.78, 5) is 9.07. The van der Waals surface area contributed by atoms with Crippen molar-refractivity contribution in [2.24, 2.45) is 10.7 Å². The minimum absolute atomic E-state index is 0.181. The Labute approximate surface area is 122 Å². The molecule has 0 aliphatic carbocycles. The Morgan fingerprint density at radius 3 is 2.90 bits per heavy atom. The lowest BCUT2D eigenvalue weighted by molar-refractivity contribution is 0.415. The Bertz CT molecular complexity index is 650. The van der Waals surface area contributed by atoms with Crippen LogP contribution >= 0.6 is 11.3 Å². The number of methoxy groups -OCH3 is 1. The molecule has 1 unspecified atom stereocenters. The van der Waals surface area contributed by atoms with Crippen LogP contribution in [0.1, 0.15) is 15.8 Å². The van der Waals surface area contributed by atoms with Crippen LogP contribution in [0.25, 0.3) is 0 Å². The molecule has 0 saturated heterocycles. The molecule has 1 atom stereocenters. The number of thiophene rings is 1. The van der Waals surface area contributed by atoms with E-state index in [0.717, 1.165) is 11.4 Å². The number of aryl methyl sites for hydroxylation is 1. The highest BCUT2D eigenvalue weighted by atomic mass is 32.1. The fourth-order valence-electron chi connectivity index (χ4n) is 2.42. The summed E-state index contributed by atoms with van der Waals surface area (Å²) in [6.45, 7) is 2.81. The van der Waals surface area contributed by atoms with Gasteiger partial charge in [-0.3, -0.25) is 4.99 Å². The molecular formula is C15H17N3OS. The van der Waals surface area contributed by atoms with Gasteiger partial charge in [-0.25, -0.2) is 0 Å². The third-order valence-corrected chi connectivity index (χ3v) is 4.51. The van der Waals surface area contributed by atoms with Crippen molar-refractivity contribution in [3.05, 3.63) is 46.2 Å². The van der Waals surface area contributed by atoms with Crippen molar-refractivity contribution in [1.82, 2.24) is 0 Å². The highest BCUT2D eigenvalue weighted by Crippen LogP contribution is 2.35. The van der Waals surface area contributed by atoms with Gasteiger partial charge in [-0.15, -0.1) is 11.3 Å². The lowest BCUT2D eigenvalue weighted by atomic mass is 10.2. The van der Waals surface area contributed by atoms with Crippen molar-refractivity contribution in [2.75, 3.05) is 18.6 Å². The van der Waals surface area contributed by atoms with E-state index in [2.05, 4.69) is 28.9 Å². The minimum Gasteiger partial charge on any atom is -0.497 e. The van der Waals surface area contributed by atoms with Crippen molar-refractivity contribution < 1.29 is 4.74 Å². The number of rotatable bonds is 3. The number of nitrogens with zero attached hydrogens (tertiary/aromatic N) is 2. The molecular weight excluding hydrogens is 270 g/mol. The molecule has 20 heavy (non-hydrogen) atoms. The molecule has 0 fully saturated rings. The number of ether oxygens (including phenoxy) is 1. The predicted molar refractivity (Wildman–Crippen MR) is 83.8 cm³/mol. The lowest BCUT2D eigenvalue weighted by Crippen LogP contribution is -2.35. The van der Waals surface area contributed by atoms with Crippen molar-refractivity contribution in [3.63, 3.8) is 0 Å². The van der Waals surface area contributed by atoms with Crippen molar-refractivity contribution >= 4 is 23.0 Å². The third-order valence-electron chi connectivity index (χ3n) is 3.41. The standard InChI is InChI=1S/C15H17N3OS/c1-10-6-7-14(20-10)13-9-17-15(16)18(13)11-4-3-5-12(8-11)19-2/h3-8,13H,9H2,1-2H3,(H2,16,17). The molecule has 0 radical (unpaired) electrons. The minimum atomic E-state index is 0.181. The van der Waals surface area contributed by atoms with E-state index in [1.165, 1.54) is 9.75 Å². The quantitative estimate of drug-likeness (QED) is 0.944. The maximum Gasteiger partial charge on any atom is 0.196 e. The molecule has 3 rings (SSSR count). The maximum absolute atomic E-state index is 6.08. The monoisotopic (exact) mass is 287 g/mol. The van der Waals surface area contributed by atoms with Crippen LogP contribution in [0, 0.1) is 6.92 Å². The van der Waals surface area contributed by atoms with Gasteiger partial charge in [-0.2, -0.15) is 0 Å². The molecule has 0 spiro atoms. The Morgan fingerprint density at radius 2 is 2.20 bits per heavy atom. The normalized spacial score (nSPS) is 18.2. The topological polar surface area (TPSA) is 50.9 Å². The van der Waals surface area contributed by atoms with Crippen LogP contribution < -0.4 is 15.4 Å². The summed E-state index contributed by atoms with van der Waals surface area (Å²) in [5.41, 5.74) is 7.09. The second kappa shape index (κ2) is 5.17. The van der Waals surface area contributed by atoms with Crippen molar-refractivity contribution in [1.29, 1.82) is 0 Å². The van der Waals surface area contributed by atoms with E-state index in [-0.39, 0.29) is 6.04 Å². The highest BCUT2D eigenvalue weighted by Gasteiger charge is 2.29. The van der Waals surface area contributed by atoms with E-state index >= 15 is 0 Å². The molecule has 2 aromatic rings. The second-order valence-electron chi connectivity index (χ2n) is 4.73. The number of nitrogens with two attached hydrogens (primary N) is 1. The van der Waals surface area contributed by atoms with Gasteiger partial charge in [0.05, 0.1) is 19.7 Å². The number of benzene rings is 1. The van der Waals surface area contributed by atoms with E-state index in [1.807, 2.05) is 24.3 Å². The molecule has 104 valence electrons. The van der Waals surface area contributed by atoms with Crippen LogP contribution in [0.5, 0.6) is 5.75 Å². The zero-order chi connectivity index (χ0) is 14.1. The molecule has 1 aromatic heterocycles. The van der Waals surface area contributed by atoms with Crippen molar-refractivity contribution in [2.45, 2.75) is 13.0 Å². The van der Waals surface area contributed by atoms with Gasteiger partial charge in [0.15, 0.2) is 5.96 Å². The summed E-state index contributed by atoms with van der Waals surface area (Å²) in [6, 6.07) is 12.4. The first kappa shape index (κ1) is 13.0. The molecule has 0 bridgehead atoms. The van der Waals surface area contributed by atoms with Gasteiger partial charge in [0, 0.05) is 21.5 Å². The Kier molecular flexibility index (Phi) is 3.36.